The van der Waals surface area contributed by atoms with Gasteiger partial charge in [-0.2, -0.15) is 0 Å². The number of hydrogen-bond acceptors (Lipinski definition) is 3. The predicted octanol–water partition coefficient (Wildman–Crippen LogP) is 3.74. The van der Waals surface area contributed by atoms with Crippen LogP contribution in [-0.2, 0) is 4.79 Å². The number of nitrogens with one attached hydrogen (secondary N) is 2. The van der Waals surface area contributed by atoms with E-state index in [1.165, 1.54) is 0 Å². The number of halogens is 1. The van der Waals surface area contributed by atoms with Gasteiger partial charge in [-0.3, -0.25) is 9.59 Å². The monoisotopic (exact) mass is 360 g/mol. The summed E-state index contributed by atoms with van der Waals surface area (Å²) in [5, 5.41) is 6.17. The molecule has 132 valence electrons. The first-order chi connectivity index (χ1) is 11.9. The molecule has 6 heteroatoms. The highest BCUT2D eigenvalue weighted by molar-refractivity contribution is 6.30. The van der Waals surface area contributed by atoms with Crippen molar-refractivity contribution in [3.63, 3.8) is 0 Å². The fourth-order valence-electron chi connectivity index (χ4n) is 2.26. The topological polar surface area (TPSA) is 67.4 Å². The van der Waals surface area contributed by atoms with Crippen LogP contribution in [0.5, 0.6) is 5.75 Å². The highest BCUT2D eigenvalue weighted by Gasteiger charge is 2.24. The second-order valence-corrected chi connectivity index (χ2v) is 6.36. The van der Waals surface area contributed by atoms with Crippen LogP contribution in [0, 0.1) is 5.92 Å². The Bertz CT molecular complexity index is 727. The van der Waals surface area contributed by atoms with Gasteiger partial charge in [-0.25, -0.2) is 0 Å². The Morgan fingerprint density at radius 1 is 1.00 bits per heavy atom. The molecule has 0 fully saturated rings. The summed E-state index contributed by atoms with van der Waals surface area (Å²) in [6.45, 7) is 3.75. The lowest BCUT2D eigenvalue weighted by Crippen LogP contribution is -2.47. The number of hydrogen-bond donors (Lipinski definition) is 2. The molecular formula is C19H21ClN2O3. The fraction of sp³-hybridized carbons (Fsp3) is 0.263. The van der Waals surface area contributed by atoms with Crippen molar-refractivity contribution in [3.05, 3.63) is 59.1 Å². The van der Waals surface area contributed by atoms with E-state index in [2.05, 4.69) is 10.6 Å². The summed E-state index contributed by atoms with van der Waals surface area (Å²) in [7, 11) is 1.56. The van der Waals surface area contributed by atoms with Gasteiger partial charge in [0.1, 0.15) is 11.8 Å². The third kappa shape index (κ3) is 5.22. The lowest BCUT2D eigenvalue weighted by molar-refractivity contribution is -0.118. The molecule has 0 bridgehead atoms. The van der Waals surface area contributed by atoms with Crippen molar-refractivity contribution in [1.82, 2.24) is 5.32 Å². The van der Waals surface area contributed by atoms with Crippen molar-refractivity contribution in [2.75, 3.05) is 12.4 Å². The number of carbonyl (C=O) groups is 2. The van der Waals surface area contributed by atoms with Crippen LogP contribution in [0.15, 0.2) is 48.5 Å². The van der Waals surface area contributed by atoms with E-state index in [1.807, 2.05) is 13.8 Å². The number of ether oxygens (including phenoxy) is 1. The smallest absolute Gasteiger partial charge is 0.251 e. The molecule has 2 aromatic carbocycles. The minimum absolute atomic E-state index is 0.0745. The van der Waals surface area contributed by atoms with Crippen LogP contribution in [0.2, 0.25) is 5.02 Å². The van der Waals surface area contributed by atoms with Crippen LogP contribution in [0.4, 0.5) is 5.69 Å². The number of methoxy groups -OCH3 is 1. The molecule has 0 aromatic heterocycles. The molecule has 2 rings (SSSR count). The molecule has 0 spiro atoms. The van der Waals surface area contributed by atoms with Gasteiger partial charge in [-0.05, 0) is 54.4 Å². The van der Waals surface area contributed by atoms with Gasteiger partial charge in [-0.15, -0.1) is 0 Å². The Morgan fingerprint density at radius 3 is 2.12 bits per heavy atom. The van der Waals surface area contributed by atoms with Crippen molar-refractivity contribution in [1.29, 1.82) is 0 Å². The van der Waals surface area contributed by atoms with Crippen LogP contribution >= 0.6 is 11.6 Å². The summed E-state index contributed by atoms with van der Waals surface area (Å²) in [5.74, 6) is -0.00117. The van der Waals surface area contributed by atoms with Crippen LogP contribution in [0.3, 0.4) is 0 Å². The number of amides is 2. The SMILES string of the molecule is COc1ccc(C(=O)N[C@H](C(=O)Nc2ccc(Cl)cc2)C(C)C)cc1. The predicted molar refractivity (Wildman–Crippen MR) is 99.2 cm³/mol. The van der Waals surface area contributed by atoms with Gasteiger partial charge in [-0.1, -0.05) is 25.4 Å². The van der Waals surface area contributed by atoms with Crippen LogP contribution in [0.1, 0.15) is 24.2 Å². The van der Waals surface area contributed by atoms with Gasteiger partial charge in [0.05, 0.1) is 7.11 Å². The molecule has 0 saturated heterocycles. The molecule has 0 unspecified atom stereocenters. The van der Waals surface area contributed by atoms with Crippen LogP contribution in [-0.4, -0.2) is 25.0 Å². The zero-order valence-electron chi connectivity index (χ0n) is 14.4. The summed E-state index contributed by atoms with van der Waals surface area (Å²) in [4.78, 5) is 24.9. The lowest BCUT2D eigenvalue weighted by atomic mass is 10.0. The van der Waals surface area contributed by atoms with E-state index < -0.39 is 6.04 Å². The number of benzene rings is 2. The minimum Gasteiger partial charge on any atom is -0.497 e. The van der Waals surface area contributed by atoms with Gasteiger partial charge in [0.25, 0.3) is 5.91 Å². The summed E-state index contributed by atoms with van der Waals surface area (Å²) in [6.07, 6.45) is 0. The first-order valence-electron chi connectivity index (χ1n) is 7.92. The first-order valence-corrected chi connectivity index (χ1v) is 8.30. The molecule has 0 heterocycles. The highest BCUT2D eigenvalue weighted by Crippen LogP contribution is 2.15. The zero-order valence-corrected chi connectivity index (χ0v) is 15.1. The Balaban J connectivity index is 2.07. The molecule has 0 radical (unpaired) electrons. The summed E-state index contributed by atoms with van der Waals surface area (Å²) >= 11 is 5.84. The van der Waals surface area contributed by atoms with Gasteiger partial charge in [0.15, 0.2) is 0 Å². The Morgan fingerprint density at radius 2 is 1.60 bits per heavy atom. The molecule has 1 atom stereocenters. The summed E-state index contributed by atoms with van der Waals surface area (Å²) in [6, 6.07) is 12.9. The Hall–Kier alpha value is -2.53. The highest BCUT2D eigenvalue weighted by atomic mass is 35.5. The largest absolute Gasteiger partial charge is 0.497 e. The van der Waals surface area contributed by atoms with E-state index >= 15 is 0 Å². The zero-order chi connectivity index (χ0) is 18.4. The molecule has 2 amide bonds. The average Bonchev–Trinajstić information content (AvgIpc) is 2.61. The van der Waals surface area contributed by atoms with Crippen molar-refractivity contribution in [3.8, 4) is 5.75 Å². The van der Waals surface area contributed by atoms with Crippen LogP contribution in [0.25, 0.3) is 0 Å². The van der Waals surface area contributed by atoms with Gasteiger partial charge < -0.3 is 15.4 Å². The minimum atomic E-state index is -0.662. The lowest BCUT2D eigenvalue weighted by Gasteiger charge is -2.22. The maximum atomic E-state index is 12.5. The fourth-order valence-corrected chi connectivity index (χ4v) is 2.38. The van der Waals surface area contributed by atoms with E-state index in [0.29, 0.717) is 22.0 Å². The number of anilines is 1. The quantitative estimate of drug-likeness (QED) is 0.824. The molecule has 2 aromatic rings. The van der Waals surface area contributed by atoms with Crippen molar-refractivity contribution < 1.29 is 14.3 Å². The second-order valence-electron chi connectivity index (χ2n) is 5.92. The van der Waals surface area contributed by atoms with Gasteiger partial charge in [0, 0.05) is 16.3 Å². The molecule has 25 heavy (non-hydrogen) atoms. The maximum absolute atomic E-state index is 12.5. The van der Waals surface area contributed by atoms with E-state index in [0.717, 1.165) is 0 Å². The first kappa shape index (κ1) is 18.8. The molecule has 0 aliphatic heterocycles. The Kier molecular flexibility index (Phi) is 6.42. The summed E-state index contributed by atoms with van der Waals surface area (Å²) in [5.41, 5.74) is 1.09. The van der Waals surface area contributed by atoms with Gasteiger partial charge in [0.2, 0.25) is 5.91 Å². The maximum Gasteiger partial charge on any atom is 0.251 e. The van der Waals surface area contributed by atoms with E-state index in [4.69, 9.17) is 16.3 Å². The average molecular weight is 361 g/mol. The van der Waals surface area contributed by atoms with Crippen molar-refractivity contribution >= 4 is 29.1 Å². The normalized spacial score (nSPS) is 11.7. The number of rotatable bonds is 6. The summed E-state index contributed by atoms with van der Waals surface area (Å²) < 4.78 is 5.08. The Labute approximate surface area is 152 Å². The van der Waals surface area contributed by atoms with Gasteiger partial charge >= 0.3 is 0 Å². The third-order valence-corrected chi connectivity index (χ3v) is 3.95. The van der Waals surface area contributed by atoms with Crippen molar-refractivity contribution in [2.45, 2.75) is 19.9 Å². The molecule has 0 aliphatic rings. The molecule has 5 nitrogen and oxygen atoms in total. The van der Waals surface area contributed by atoms with E-state index in [1.54, 1.807) is 55.6 Å². The molecule has 2 N–H and O–H groups in total. The van der Waals surface area contributed by atoms with E-state index in [9.17, 15) is 9.59 Å². The molecule has 0 aliphatic carbocycles. The standard InChI is InChI=1S/C19H21ClN2O3/c1-12(2)17(19(24)21-15-8-6-14(20)7-9-15)22-18(23)13-4-10-16(25-3)11-5-13/h4-12,17H,1-3H3,(H,21,24)(H,22,23)/t17-/m0/s1. The second kappa shape index (κ2) is 8.53. The third-order valence-electron chi connectivity index (χ3n) is 3.70. The molecule has 0 saturated carbocycles. The van der Waals surface area contributed by atoms with Crippen molar-refractivity contribution in [2.24, 2.45) is 5.92 Å². The number of carbonyl (C=O) groups excluding carboxylic acids is 2. The van der Waals surface area contributed by atoms with E-state index in [-0.39, 0.29) is 17.7 Å². The molecular weight excluding hydrogens is 340 g/mol. The van der Waals surface area contributed by atoms with Crippen LogP contribution < -0.4 is 15.4 Å².